The number of aryl methyl sites for hydroxylation is 1. The SMILES string of the molecule is CCc1ocnc1C(=O)Nc1cc(C(=O)O)cc(OC)c1OC. The molecule has 2 aromatic rings. The van der Waals surface area contributed by atoms with Gasteiger partial charge in [-0.25, -0.2) is 9.78 Å². The number of carboxylic acids is 1. The fourth-order valence-corrected chi connectivity index (χ4v) is 2.07. The van der Waals surface area contributed by atoms with Crippen LogP contribution < -0.4 is 14.8 Å². The number of hydrogen-bond acceptors (Lipinski definition) is 6. The molecule has 0 atom stereocenters. The summed E-state index contributed by atoms with van der Waals surface area (Å²) in [6.45, 7) is 1.83. The van der Waals surface area contributed by atoms with Crippen LogP contribution in [0.2, 0.25) is 0 Å². The van der Waals surface area contributed by atoms with Crippen molar-refractivity contribution < 1.29 is 28.6 Å². The molecule has 0 radical (unpaired) electrons. The van der Waals surface area contributed by atoms with E-state index in [0.29, 0.717) is 12.2 Å². The summed E-state index contributed by atoms with van der Waals surface area (Å²) in [5.74, 6) is -0.843. The van der Waals surface area contributed by atoms with Crippen LogP contribution in [0.15, 0.2) is 22.9 Å². The van der Waals surface area contributed by atoms with Crippen LogP contribution in [-0.4, -0.2) is 36.2 Å². The highest BCUT2D eigenvalue weighted by Gasteiger charge is 2.21. The number of hydrogen-bond donors (Lipinski definition) is 2. The van der Waals surface area contributed by atoms with Gasteiger partial charge in [-0.05, 0) is 12.1 Å². The summed E-state index contributed by atoms with van der Waals surface area (Å²) in [5, 5.41) is 11.7. The summed E-state index contributed by atoms with van der Waals surface area (Å²) < 4.78 is 15.4. The van der Waals surface area contributed by atoms with Crippen molar-refractivity contribution in [2.75, 3.05) is 19.5 Å². The Balaban J connectivity index is 2.43. The van der Waals surface area contributed by atoms with Crippen molar-refractivity contribution in [1.29, 1.82) is 0 Å². The summed E-state index contributed by atoms with van der Waals surface area (Å²) in [7, 11) is 2.77. The van der Waals surface area contributed by atoms with Gasteiger partial charge < -0.3 is 24.3 Å². The van der Waals surface area contributed by atoms with Crippen molar-refractivity contribution in [1.82, 2.24) is 4.98 Å². The molecule has 0 fully saturated rings. The number of carbonyl (C=O) groups is 2. The fraction of sp³-hybridized carbons (Fsp3) is 0.267. The van der Waals surface area contributed by atoms with Crippen molar-refractivity contribution >= 4 is 17.6 Å². The van der Waals surface area contributed by atoms with Gasteiger partial charge in [-0.2, -0.15) is 0 Å². The first kappa shape index (κ1) is 16.3. The molecule has 122 valence electrons. The average molecular weight is 320 g/mol. The number of benzene rings is 1. The maximum atomic E-state index is 12.3. The van der Waals surface area contributed by atoms with E-state index in [1.807, 2.05) is 6.92 Å². The van der Waals surface area contributed by atoms with Gasteiger partial charge in [0, 0.05) is 6.42 Å². The van der Waals surface area contributed by atoms with Crippen molar-refractivity contribution in [3.05, 3.63) is 35.5 Å². The molecule has 0 aliphatic heterocycles. The van der Waals surface area contributed by atoms with Gasteiger partial charge in [0.1, 0.15) is 5.76 Å². The van der Waals surface area contributed by atoms with Crippen LogP contribution in [0.3, 0.4) is 0 Å². The number of methoxy groups -OCH3 is 2. The third-order valence-corrected chi connectivity index (χ3v) is 3.15. The van der Waals surface area contributed by atoms with Gasteiger partial charge in [0.2, 0.25) is 0 Å². The van der Waals surface area contributed by atoms with E-state index in [-0.39, 0.29) is 28.4 Å². The van der Waals surface area contributed by atoms with Gasteiger partial charge in [-0.15, -0.1) is 0 Å². The minimum Gasteiger partial charge on any atom is -0.493 e. The van der Waals surface area contributed by atoms with Gasteiger partial charge in [0.15, 0.2) is 23.6 Å². The molecule has 1 amide bonds. The number of amides is 1. The highest BCUT2D eigenvalue weighted by molar-refractivity contribution is 6.05. The number of nitrogens with zero attached hydrogens (tertiary/aromatic N) is 1. The predicted molar refractivity (Wildman–Crippen MR) is 80.3 cm³/mol. The second-order valence-corrected chi connectivity index (χ2v) is 4.50. The first-order valence-corrected chi connectivity index (χ1v) is 6.74. The molecule has 2 N–H and O–H groups in total. The molecule has 1 aromatic heterocycles. The zero-order valence-electron chi connectivity index (χ0n) is 12.9. The zero-order valence-corrected chi connectivity index (χ0v) is 12.9. The maximum absolute atomic E-state index is 12.3. The first-order chi connectivity index (χ1) is 11.0. The van der Waals surface area contributed by atoms with Gasteiger partial charge in [-0.1, -0.05) is 6.92 Å². The maximum Gasteiger partial charge on any atom is 0.335 e. The Kier molecular flexibility index (Phi) is 4.85. The number of oxazole rings is 1. The van der Waals surface area contributed by atoms with Crippen molar-refractivity contribution in [3.8, 4) is 11.5 Å². The predicted octanol–water partition coefficient (Wildman–Crippen LogP) is 2.20. The van der Waals surface area contributed by atoms with Crippen LogP contribution in [0.25, 0.3) is 0 Å². The molecule has 0 spiro atoms. The lowest BCUT2D eigenvalue weighted by atomic mass is 10.1. The zero-order chi connectivity index (χ0) is 17.0. The van der Waals surface area contributed by atoms with E-state index in [9.17, 15) is 9.59 Å². The number of ether oxygens (including phenoxy) is 2. The quantitative estimate of drug-likeness (QED) is 0.839. The molecule has 0 aliphatic rings. The molecule has 0 unspecified atom stereocenters. The molecule has 1 heterocycles. The van der Waals surface area contributed by atoms with E-state index >= 15 is 0 Å². The van der Waals surface area contributed by atoms with Crippen molar-refractivity contribution in [2.24, 2.45) is 0 Å². The highest BCUT2D eigenvalue weighted by atomic mass is 16.5. The Hall–Kier alpha value is -3.03. The number of nitrogens with one attached hydrogen (secondary N) is 1. The van der Waals surface area contributed by atoms with E-state index in [1.165, 1.54) is 32.7 Å². The van der Waals surface area contributed by atoms with Gasteiger partial charge in [0.05, 0.1) is 25.5 Å². The summed E-state index contributed by atoms with van der Waals surface area (Å²) in [5.41, 5.74) is 0.252. The lowest BCUT2D eigenvalue weighted by Crippen LogP contribution is -2.15. The van der Waals surface area contributed by atoms with Gasteiger partial charge in [0.25, 0.3) is 5.91 Å². The number of carbonyl (C=O) groups excluding carboxylic acids is 1. The molecule has 23 heavy (non-hydrogen) atoms. The molecule has 8 heteroatoms. The van der Waals surface area contributed by atoms with Crippen molar-refractivity contribution in [3.63, 3.8) is 0 Å². The van der Waals surface area contributed by atoms with Gasteiger partial charge in [-0.3, -0.25) is 4.79 Å². The van der Waals surface area contributed by atoms with Crippen LogP contribution >= 0.6 is 0 Å². The second-order valence-electron chi connectivity index (χ2n) is 4.50. The highest BCUT2D eigenvalue weighted by Crippen LogP contribution is 2.37. The molecule has 2 rings (SSSR count). The number of aromatic nitrogens is 1. The lowest BCUT2D eigenvalue weighted by Gasteiger charge is -2.14. The van der Waals surface area contributed by atoms with Crippen LogP contribution in [0.4, 0.5) is 5.69 Å². The Bertz CT molecular complexity index is 738. The topological polar surface area (TPSA) is 111 Å². The van der Waals surface area contributed by atoms with Crippen molar-refractivity contribution in [2.45, 2.75) is 13.3 Å². The lowest BCUT2D eigenvalue weighted by molar-refractivity contribution is 0.0696. The molecule has 0 bridgehead atoms. The molecule has 1 aromatic carbocycles. The Morgan fingerprint density at radius 3 is 2.61 bits per heavy atom. The molecular weight excluding hydrogens is 304 g/mol. The van der Waals surface area contributed by atoms with Crippen LogP contribution in [0.1, 0.15) is 33.5 Å². The number of carboxylic acid groups (broad SMARTS) is 1. The van der Waals surface area contributed by atoms with Crippen LogP contribution in [0, 0.1) is 0 Å². The Morgan fingerprint density at radius 2 is 2.04 bits per heavy atom. The fourth-order valence-electron chi connectivity index (χ4n) is 2.07. The van der Waals surface area contributed by atoms with Crippen LogP contribution in [0.5, 0.6) is 11.5 Å². The number of rotatable bonds is 6. The normalized spacial score (nSPS) is 10.2. The summed E-state index contributed by atoms with van der Waals surface area (Å²) in [6.07, 6.45) is 1.68. The number of aromatic carboxylic acids is 1. The summed E-state index contributed by atoms with van der Waals surface area (Å²) in [6, 6.07) is 2.59. The number of anilines is 1. The minimum atomic E-state index is -1.16. The first-order valence-electron chi connectivity index (χ1n) is 6.74. The third-order valence-electron chi connectivity index (χ3n) is 3.15. The Labute approximate surface area is 132 Å². The monoisotopic (exact) mass is 320 g/mol. The molecule has 0 aliphatic carbocycles. The molecule has 0 saturated heterocycles. The summed E-state index contributed by atoms with van der Waals surface area (Å²) in [4.78, 5) is 27.4. The van der Waals surface area contributed by atoms with E-state index in [4.69, 9.17) is 19.0 Å². The smallest absolute Gasteiger partial charge is 0.335 e. The van der Waals surface area contributed by atoms with E-state index < -0.39 is 11.9 Å². The third kappa shape index (κ3) is 3.25. The van der Waals surface area contributed by atoms with Crippen LogP contribution in [-0.2, 0) is 6.42 Å². The van der Waals surface area contributed by atoms with Gasteiger partial charge >= 0.3 is 5.97 Å². The average Bonchev–Trinajstić information content (AvgIpc) is 3.02. The molecule has 8 nitrogen and oxygen atoms in total. The molecular formula is C15H16N2O6. The largest absolute Gasteiger partial charge is 0.493 e. The summed E-state index contributed by atoms with van der Waals surface area (Å²) >= 11 is 0. The standard InChI is InChI=1S/C15H16N2O6/c1-4-10-12(16-7-23-10)14(18)17-9-5-8(15(19)20)6-11(21-2)13(9)22-3/h5-7H,4H2,1-3H3,(H,17,18)(H,19,20). The van der Waals surface area contributed by atoms with E-state index in [2.05, 4.69) is 10.3 Å². The van der Waals surface area contributed by atoms with E-state index in [1.54, 1.807) is 0 Å². The Morgan fingerprint density at radius 1 is 1.30 bits per heavy atom. The molecule has 0 saturated carbocycles. The van der Waals surface area contributed by atoms with E-state index in [0.717, 1.165) is 0 Å². The second kappa shape index (κ2) is 6.82. The minimum absolute atomic E-state index is 0.0474.